The van der Waals surface area contributed by atoms with Gasteiger partial charge in [0.25, 0.3) is 0 Å². The molecule has 3 aromatic carbocycles. The summed E-state index contributed by atoms with van der Waals surface area (Å²) >= 11 is 3.58. The predicted molar refractivity (Wildman–Crippen MR) is 94.4 cm³/mol. The first kappa shape index (κ1) is 13.6. The van der Waals surface area contributed by atoms with Crippen molar-refractivity contribution >= 4 is 15.9 Å². The zero-order valence-corrected chi connectivity index (χ0v) is 13.9. The molecule has 108 valence electrons. The molecule has 0 radical (unpaired) electrons. The van der Waals surface area contributed by atoms with E-state index in [4.69, 9.17) is 4.74 Å². The average molecular weight is 351 g/mol. The summed E-state index contributed by atoms with van der Waals surface area (Å²) in [6.45, 7) is 0. The topological polar surface area (TPSA) is 9.23 Å². The second kappa shape index (κ2) is 5.29. The zero-order chi connectivity index (χ0) is 15.1. The van der Waals surface area contributed by atoms with E-state index in [0.717, 1.165) is 22.2 Å². The van der Waals surface area contributed by atoms with Crippen molar-refractivity contribution in [2.75, 3.05) is 7.11 Å². The van der Waals surface area contributed by atoms with Gasteiger partial charge >= 0.3 is 0 Å². The molecule has 0 atom stereocenters. The molecular formula is C20H15BrO. The molecule has 0 saturated heterocycles. The van der Waals surface area contributed by atoms with Crippen LogP contribution in [0.1, 0.15) is 11.1 Å². The summed E-state index contributed by atoms with van der Waals surface area (Å²) in [7, 11) is 1.73. The van der Waals surface area contributed by atoms with Crippen molar-refractivity contribution in [3.05, 3.63) is 76.3 Å². The number of fused-ring (bicyclic) bond motifs is 3. The molecule has 0 saturated carbocycles. The van der Waals surface area contributed by atoms with E-state index < -0.39 is 0 Å². The highest BCUT2D eigenvalue weighted by molar-refractivity contribution is 9.10. The lowest BCUT2D eigenvalue weighted by Gasteiger charge is -2.14. The minimum absolute atomic E-state index is 0.904. The van der Waals surface area contributed by atoms with Crippen LogP contribution in [0.5, 0.6) is 5.75 Å². The Bertz CT molecular complexity index is 867. The first-order valence-electron chi connectivity index (χ1n) is 7.32. The lowest BCUT2D eigenvalue weighted by atomic mass is 9.94. The summed E-state index contributed by atoms with van der Waals surface area (Å²) in [4.78, 5) is 0. The van der Waals surface area contributed by atoms with Gasteiger partial charge in [0.15, 0.2) is 0 Å². The van der Waals surface area contributed by atoms with Crippen molar-refractivity contribution in [1.82, 2.24) is 0 Å². The molecule has 1 aliphatic carbocycles. The molecule has 1 nitrogen and oxygen atoms in total. The van der Waals surface area contributed by atoms with E-state index in [0.29, 0.717) is 0 Å². The number of hydrogen-bond acceptors (Lipinski definition) is 1. The van der Waals surface area contributed by atoms with E-state index in [9.17, 15) is 0 Å². The summed E-state index contributed by atoms with van der Waals surface area (Å²) in [5.41, 5.74) is 7.84. The maximum Gasteiger partial charge on any atom is 0.126 e. The normalized spacial score (nSPS) is 11.9. The quantitative estimate of drug-likeness (QED) is 0.450. The fourth-order valence-electron chi connectivity index (χ4n) is 3.30. The molecule has 0 aromatic heterocycles. The Kier molecular flexibility index (Phi) is 3.27. The van der Waals surface area contributed by atoms with Crippen LogP contribution in [0.25, 0.3) is 22.3 Å². The van der Waals surface area contributed by atoms with Crippen molar-refractivity contribution in [3.63, 3.8) is 0 Å². The van der Waals surface area contributed by atoms with Crippen LogP contribution < -0.4 is 4.74 Å². The Balaban J connectivity index is 2.01. The standard InChI is InChI=1S/C20H15BrO/c1-22-19-10-9-15(21)12-18(19)17-8-4-6-14-11-13-5-2-3-7-16(13)20(14)17/h2-10,12H,11H2,1H3. The maximum absolute atomic E-state index is 5.58. The zero-order valence-electron chi connectivity index (χ0n) is 12.3. The predicted octanol–water partition coefficient (Wildman–Crippen LogP) is 5.70. The molecule has 4 rings (SSSR count). The van der Waals surface area contributed by atoms with Gasteiger partial charge in [0.05, 0.1) is 7.11 Å². The van der Waals surface area contributed by atoms with Crippen LogP contribution in [0.4, 0.5) is 0 Å². The Morgan fingerprint density at radius 1 is 0.818 bits per heavy atom. The summed E-state index contributed by atoms with van der Waals surface area (Å²) < 4.78 is 6.64. The molecule has 3 aromatic rings. The second-order valence-corrected chi connectivity index (χ2v) is 6.43. The molecule has 0 unspecified atom stereocenters. The summed E-state index contributed by atoms with van der Waals surface area (Å²) in [6, 6.07) is 21.4. The third kappa shape index (κ3) is 2.06. The molecule has 0 fully saturated rings. The monoisotopic (exact) mass is 350 g/mol. The molecule has 2 heteroatoms. The molecule has 0 N–H and O–H groups in total. The van der Waals surface area contributed by atoms with E-state index >= 15 is 0 Å². The van der Waals surface area contributed by atoms with Gasteiger partial charge in [-0.2, -0.15) is 0 Å². The summed E-state index contributed by atoms with van der Waals surface area (Å²) in [5, 5.41) is 0. The highest BCUT2D eigenvalue weighted by atomic mass is 79.9. The van der Waals surface area contributed by atoms with Gasteiger partial charge in [-0.1, -0.05) is 58.4 Å². The van der Waals surface area contributed by atoms with E-state index in [2.05, 4.69) is 64.5 Å². The van der Waals surface area contributed by atoms with Gasteiger partial charge in [0.1, 0.15) is 5.75 Å². The van der Waals surface area contributed by atoms with Crippen LogP contribution in [-0.2, 0) is 6.42 Å². The lowest BCUT2D eigenvalue weighted by Crippen LogP contribution is -1.91. The smallest absolute Gasteiger partial charge is 0.126 e. The largest absolute Gasteiger partial charge is 0.496 e. The average Bonchev–Trinajstić information content (AvgIpc) is 2.93. The third-order valence-electron chi connectivity index (χ3n) is 4.27. The van der Waals surface area contributed by atoms with Gasteiger partial charge in [-0.25, -0.2) is 0 Å². The maximum atomic E-state index is 5.58. The summed E-state index contributed by atoms with van der Waals surface area (Å²) in [5.74, 6) is 0.904. The van der Waals surface area contributed by atoms with E-state index in [1.165, 1.54) is 27.8 Å². The SMILES string of the molecule is COc1ccc(Br)cc1-c1cccc2c1-c1ccccc1C2. The highest BCUT2D eigenvalue weighted by Gasteiger charge is 2.22. The Labute approximate surface area is 138 Å². The van der Waals surface area contributed by atoms with Crippen LogP contribution in [0.2, 0.25) is 0 Å². The van der Waals surface area contributed by atoms with Crippen molar-refractivity contribution in [1.29, 1.82) is 0 Å². The molecule has 0 bridgehead atoms. The van der Waals surface area contributed by atoms with Crippen molar-refractivity contribution in [2.24, 2.45) is 0 Å². The molecule has 0 aliphatic heterocycles. The Morgan fingerprint density at radius 2 is 1.59 bits per heavy atom. The number of methoxy groups -OCH3 is 1. The number of rotatable bonds is 2. The van der Waals surface area contributed by atoms with Crippen LogP contribution in [0.15, 0.2) is 65.1 Å². The van der Waals surface area contributed by atoms with Gasteiger partial charge in [-0.3, -0.25) is 0 Å². The third-order valence-corrected chi connectivity index (χ3v) is 4.76. The first-order valence-corrected chi connectivity index (χ1v) is 8.11. The van der Waals surface area contributed by atoms with Gasteiger partial charge in [0, 0.05) is 10.0 Å². The lowest BCUT2D eigenvalue weighted by molar-refractivity contribution is 0.416. The van der Waals surface area contributed by atoms with Crippen LogP contribution in [0.3, 0.4) is 0 Å². The molecule has 1 aliphatic rings. The van der Waals surface area contributed by atoms with Crippen LogP contribution in [0, 0.1) is 0 Å². The van der Waals surface area contributed by atoms with Crippen molar-refractivity contribution < 1.29 is 4.74 Å². The fraction of sp³-hybridized carbons (Fsp3) is 0.100. The van der Waals surface area contributed by atoms with Gasteiger partial charge in [0.2, 0.25) is 0 Å². The highest BCUT2D eigenvalue weighted by Crippen LogP contribution is 2.45. The minimum Gasteiger partial charge on any atom is -0.496 e. The van der Waals surface area contributed by atoms with Gasteiger partial charge < -0.3 is 4.74 Å². The molecular weight excluding hydrogens is 336 g/mol. The van der Waals surface area contributed by atoms with E-state index in [1.54, 1.807) is 7.11 Å². The molecule has 0 amide bonds. The molecule has 0 heterocycles. The first-order chi connectivity index (χ1) is 10.8. The number of ether oxygens (including phenoxy) is 1. The van der Waals surface area contributed by atoms with E-state index in [1.807, 2.05) is 12.1 Å². The number of benzene rings is 3. The van der Waals surface area contributed by atoms with Crippen molar-refractivity contribution in [3.8, 4) is 28.0 Å². The van der Waals surface area contributed by atoms with Gasteiger partial charge in [-0.15, -0.1) is 0 Å². The van der Waals surface area contributed by atoms with Crippen molar-refractivity contribution in [2.45, 2.75) is 6.42 Å². The number of halogens is 1. The fourth-order valence-corrected chi connectivity index (χ4v) is 3.67. The summed E-state index contributed by atoms with van der Waals surface area (Å²) in [6.07, 6.45) is 1.01. The van der Waals surface area contributed by atoms with Crippen LogP contribution >= 0.6 is 15.9 Å². The van der Waals surface area contributed by atoms with E-state index in [-0.39, 0.29) is 0 Å². The van der Waals surface area contributed by atoms with Crippen LogP contribution in [-0.4, -0.2) is 7.11 Å². The molecule has 22 heavy (non-hydrogen) atoms. The Morgan fingerprint density at radius 3 is 2.45 bits per heavy atom. The number of hydrogen-bond donors (Lipinski definition) is 0. The molecule has 0 spiro atoms. The Hall–Kier alpha value is -2.06. The van der Waals surface area contributed by atoms with Gasteiger partial charge in [-0.05, 0) is 52.4 Å². The second-order valence-electron chi connectivity index (χ2n) is 5.52. The minimum atomic E-state index is 0.904.